The van der Waals surface area contributed by atoms with Crippen molar-refractivity contribution in [2.24, 2.45) is 0 Å². The molecular formula is C5H11B. The molecule has 0 amide bonds. The smallest absolute Gasteiger partial charge is 0.120 e. The van der Waals surface area contributed by atoms with Crippen molar-refractivity contribution >= 4 is 6.71 Å². The molecular weight excluding hydrogens is 70.9 g/mol. The molecule has 0 N–H and O–H groups in total. The van der Waals surface area contributed by atoms with Crippen LogP contribution in [0.1, 0.15) is 6.92 Å². The van der Waals surface area contributed by atoms with Crippen molar-refractivity contribution in [3.05, 3.63) is 12.1 Å². The van der Waals surface area contributed by atoms with Crippen molar-refractivity contribution in [3.63, 3.8) is 0 Å². The van der Waals surface area contributed by atoms with Crippen molar-refractivity contribution in [1.82, 2.24) is 0 Å². The van der Waals surface area contributed by atoms with Crippen LogP contribution in [0.2, 0.25) is 13.6 Å². The second-order valence-electron chi connectivity index (χ2n) is 1.77. The lowest BCUT2D eigenvalue weighted by Gasteiger charge is -1.80. The van der Waals surface area contributed by atoms with Gasteiger partial charge in [0, 0.05) is 0 Å². The first-order chi connectivity index (χ1) is 2.77. The van der Waals surface area contributed by atoms with Crippen LogP contribution in [0.5, 0.6) is 0 Å². The minimum Gasteiger partial charge on any atom is -0.120 e. The van der Waals surface area contributed by atoms with E-state index in [1.54, 1.807) is 0 Å². The molecule has 0 aromatic rings. The topological polar surface area (TPSA) is 0 Å². The van der Waals surface area contributed by atoms with Gasteiger partial charge in [-0.05, 0) is 6.92 Å². The molecule has 0 spiro atoms. The fraction of sp³-hybridized carbons (Fsp3) is 0.600. The van der Waals surface area contributed by atoms with Crippen LogP contribution in [0.4, 0.5) is 0 Å². The van der Waals surface area contributed by atoms with Crippen LogP contribution < -0.4 is 0 Å². The molecule has 0 saturated heterocycles. The Hall–Kier alpha value is -0.195. The molecule has 0 heterocycles. The van der Waals surface area contributed by atoms with Gasteiger partial charge in [-0.1, -0.05) is 13.6 Å². The molecule has 0 unspecified atom stereocenters. The summed E-state index contributed by atoms with van der Waals surface area (Å²) < 4.78 is 0. The lowest BCUT2D eigenvalue weighted by molar-refractivity contribution is 1.76. The predicted octanol–water partition coefficient (Wildman–Crippen LogP) is 1.86. The second-order valence-corrected chi connectivity index (χ2v) is 1.77. The van der Waals surface area contributed by atoms with Gasteiger partial charge in [0.2, 0.25) is 0 Å². The average molecular weight is 82.0 g/mol. The third-order valence-electron chi connectivity index (χ3n) is 0.577. The lowest BCUT2D eigenvalue weighted by Crippen LogP contribution is -1.90. The molecule has 0 aliphatic rings. The summed E-state index contributed by atoms with van der Waals surface area (Å²) in [6.45, 7) is 7.09. The first-order valence-corrected chi connectivity index (χ1v) is 2.40. The van der Waals surface area contributed by atoms with Gasteiger partial charge in [0.25, 0.3) is 0 Å². The molecule has 6 heavy (non-hydrogen) atoms. The van der Waals surface area contributed by atoms with Crippen LogP contribution in [0.25, 0.3) is 0 Å². The molecule has 0 nitrogen and oxygen atoms in total. The van der Waals surface area contributed by atoms with E-state index in [0.29, 0.717) is 0 Å². The first-order valence-electron chi connectivity index (χ1n) is 2.40. The van der Waals surface area contributed by atoms with Crippen molar-refractivity contribution < 1.29 is 0 Å². The molecule has 0 aromatic heterocycles. The zero-order valence-electron chi connectivity index (χ0n) is 4.73. The summed E-state index contributed by atoms with van der Waals surface area (Å²) in [5.41, 5.74) is 0. The monoisotopic (exact) mass is 82.1 g/mol. The van der Waals surface area contributed by atoms with Gasteiger partial charge < -0.3 is 0 Å². The maximum absolute atomic E-state index is 2.17. The summed E-state index contributed by atoms with van der Waals surface area (Å²) in [5.74, 6) is 2.17. The fourth-order valence-electron chi connectivity index (χ4n) is 0.385. The minimum atomic E-state index is 0.718. The highest BCUT2D eigenvalue weighted by Gasteiger charge is 1.83. The molecule has 0 aliphatic heterocycles. The summed E-state index contributed by atoms with van der Waals surface area (Å²) in [7, 11) is 0. The van der Waals surface area contributed by atoms with Crippen LogP contribution in [-0.4, -0.2) is 6.71 Å². The zero-order chi connectivity index (χ0) is 4.99. The molecule has 0 radical (unpaired) electrons. The Bertz CT molecular complexity index is 45.9. The van der Waals surface area contributed by atoms with Crippen LogP contribution in [0, 0.1) is 0 Å². The Kier molecular flexibility index (Phi) is 2.92. The standard InChI is InChI=1S/C5H11B/c1-4-5-6(2)3/h4-5H,1-3H3/b5-4+. The Morgan fingerprint density at radius 1 is 1.33 bits per heavy atom. The molecule has 1 heteroatoms. The van der Waals surface area contributed by atoms with Crippen molar-refractivity contribution in [2.75, 3.05) is 0 Å². The number of hydrogen-bond donors (Lipinski definition) is 0. The first kappa shape index (κ1) is 5.80. The zero-order valence-corrected chi connectivity index (χ0v) is 4.73. The van der Waals surface area contributed by atoms with E-state index in [4.69, 9.17) is 0 Å². The van der Waals surface area contributed by atoms with Gasteiger partial charge in [0.15, 0.2) is 6.71 Å². The maximum atomic E-state index is 2.17. The lowest BCUT2D eigenvalue weighted by atomic mass is 9.55. The molecule has 0 bridgehead atoms. The van der Waals surface area contributed by atoms with E-state index in [9.17, 15) is 0 Å². The molecule has 34 valence electrons. The van der Waals surface area contributed by atoms with E-state index < -0.39 is 0 Å². The van der Waals surface area contributed by atoms with Crippen molar-refractivity contribution in [1.29, 1.82) is 0 Å². The summed E-state index contributed by atoms with van der Waals surface area (Å²) in [4.78, 5) is 0. The minimum absolute atomic E-state index is 0.718. The Morgan fingerprint density at radius 3 is 1.83 bits per heavy atom. The highest BCUT2D eigenvalue weighted by Crippen LogP contribution is 1.78. The summed E-state index contributed by atoms with van der Waals surface area (Å²) in [6.07, 6.45) is 2.07. The quantitative estimate of drug-likeness (QED) is 0.423. The second kappa shape index (κ2) is 3.01. The van der Waals surface area contributed by atoms with Crippen LogP contribution in [-0.2, 0) is 0 Å². The molecule has 0 rings (SSSR count). The molecule has 0 aliphatic carbocycles. The van der Waals surface area contributed by atoms with E-state index in [2.05, 4.69) is 25.7 Å². The number of allylic oxidation sites excluding steroid dienone is 1. The predicted molar refractivity (Wildman–Crippen MR) is 32.3 cm³/mol. The van der Waals surface area contributed by atoms with Gasteiger partial charge in [0.1, 0.15) is 0 Å². The number of hydrogen-bond acceptors (Lipinski definition) is 0. The fourth-order valence-corrected chi connectivity index (χ4v) is 0.385. The van der Waals surface area contributed by atoms with Crippen LogP contribution in [0.3, 0.4) is 0 Å². The highest BCUT2D eigenvalue weighted by molar-refractivity contribution is 6.61. The Morgan fingerprint density at radius 2 is 1.83 bits per heavy atom. The molecule has 0 atom stereocenters. The summed E-state index contributed by atoms with van der Waals surface area (Å²) >= 11 is 0. The summed E-state index contributed by atoms with van der Waals surface area (Å²) in [6, 6.07) is 0. The Balaban J connectivity index is 3.03. The molecule has 0 aromatic carbocycles. The largest absolute Gasteiger partial charge is 0.159 e. The SMILES string of the molecule is C/C=C/B(C)C. The van der Waals surface area contributed by atoms with Gasteiger partial charge in [0.05, 0.1) is 0 Å². The highest BCUT2D eigenvalue weighted by atomic mass is 13.5. The molecule has 0 saturated carbocycles. The van der Waals surface area contributed by atoms with E-state index in [0.717, 1.165) is 6.71 Å². The normalized spacial score (nSPS) is 9.83. The van der Waals surface area contributed by atoms with E-state index in [1.165, 1.54) is 0 Å². The van der Waals surface area contributed by atoms with E-state index in [-0.39, 0.29) is 0 Å². The molecule has 0 fully saturated rings. The van der Waals surface area contributed by atoms with Crippen molar-refractivity contribution in [3.8, 4) is 0 Å². The van der Waals surface area contributed by atoms with Crippen molar-refractivity contribution in [2.45, 2.75) is 20.6 Å². The van der Waals surface area contributed by atoms with Crippen LogP contribution in [0.15, 0.2) is 12.1 Å². The third-order valence-corrected chi connectivity index (χ3v) is 0.577. The third kappa shape index (κ3) is 3.80. The van der Waals surface area contributed by atoms with Gasteiger partial charge in [-0.25, -0.2) is 0 Å². The summed E-state index contributed by atoms with van der Waals surface area (Å²) in [5, 5.41) is 0. The Labute approximate surface area is 40.3 Å². The van der Waals surface area contributed by atoms with E-state index >= 15 is 0 Å². The van der Waals surface area contributed by atoms with E-state index in [1.807, 2.05) is 6.92 Å². The number of rotatable bonds is 1. The van der Waals surface area contributed by atoms with Gasteiger partial charge in [-0.2, -0.15) is 0 Å². The maximum Gasteiger partial charge on any atom is 0.159 e. The van der Waals surface area contributed by atoms with Gasteiger partial charge in [-0.3, -0.25) is 0 Å². The average Bonchev–Trinajstić information content (AvgIpc) is 1.35. The van der Waals surface area contributed by atoms with Crippen LogP contribution >= 0.6 is 0 Å². The van der Waals surface area contributed by atoms with Gasteiger partial charge in [-0.15, -0.1) is 12.1 Å². The van der Waals surface area contributed by atoms with Gasteiger partial charge >= 0.3 is 0 Å².